The predicted molar refractivity (Wildman–Crippen MR) is 84.4 cm³/mol. The third kappa shape index (κ3) is 3.58. The molecule has 1 heterocycles. The van der Waals surface area contributed by atoms with E-state index in [9.17, 15) is 4.79 Å². The van der Waals surface area contributed by atoms with Crippen molar-refractivity contribution in [1.82, 2.24) is 4.98 Å². The molecule has 0 atom stereocenters. The Kier molecular flexibility index (Phi) is 5.14. The number of nitrogens with zero attached hydrogens (tertiary/aromatic N) is 2. The van der Waals surface area contributed by atoms with Crippen LogP contribution >= 0.6 is 23.3 Å². The van der Waals surface area contributed by atoms with Crippen molar-refractivity contribution in [2.24, 2.45) is 10.3 Å². The van der Waals surface area contributed by atoms with Crippen LogP contribution in [0, 0.1) is 5.92 Å². The van der Waals surface area contributed by atoms with Gasteiger partial charge in [0, 0.05) is 17.9 Å². The zero-order valence-corrected chi connectivity index (χ0v) is 13.3. The number of hydrogen-bond donors (Lipinski definition) is 0. The van der Waals surface area contributed by atoms with E-state index in [0.717, 1.165) is 14.6 Å². The normalized spacial score (nSPS) is 12.1. The van der Waals surface area contributed by atoms with Gasteiger partial charge in [-0.1, -0.05) is 26.0 Å². The molecule has 1 aromatic carbocycles. The van der Waals surface area contributed by atoms with Crippen molar-refractivity contribution >= 4 is 45.2 Å². The van der Waals surface area contributed by atoms with Crippen LogP contribution in [-0.2, 0) is 9.53 Å². The number of carbonyl (C=O) groups excluding carboxylic acids is 1. The molecule has 2 aromatic rings. The highest BCUT2D eigenvalue weighted by Crippen LogP contribution is 2.30. The van der Waals surface area contributed by atoms with Gasteiger partial charge in [0.25, 0.3) is 0 Å². The van der Waals surface area contributed by atoms with Gasteiger partial charge in [0.05, 0.1) is 16.8 Å². The van der Waals surface area contributed by atoms with E-state index < -0.39 is 0 Å². The van der Waals surface area contributed by atoms with Crippen molar-refractivity contribution in [3.05, 3.63) is 24.3 Å². The zero-order valence-electron chi connectivity index (χ0n) is 11.6. The molecule has 0 unspecified atom stereocenters. The zero-order chi connectivity index (χ0) is 14.5. The van der Waals surface area contributed by atoms with Gasteiger partial charge in [-0.3, -0.25) is 0 Å². The van der Waals surface area contributed by atoms with Crippen LogP contribution in [0.3, 0.4) is 0 Å². The lowest BCUT2D eigenvalue weighted by Gasteiger charge is -2.07. The van der Waals surface area contributed by atoms with Gasteiger partial charge in [-0.2, -0.15) is 0 Å². The monoisotopic (exact) mass is 308 g/mol. The molecule has 6 heteroatoms. The molecule has 0 saturated carbocycles. The summed E-state index contributed by atoms with van der Waals surface area (Å²) >= 11 is 2.80. The molecule has 0 fully saturated rings. The molecule has 0 aliphatic heterocycles. The van der Waals surface area contributed by atoms with Crippen molar-refractivity contribution in [2.45, 2.75) is 25.1 Å². The number of para-hydroxylation sites is 1. The average Bonchev–Trinajstić information content (AvgIpc) is 2.81. The van der Waals surface area contributed by atoms with Crippen molar-refractivity contribution in [1.29, 1.82) is 0 Å². The number of carbonyl (C=O) groups is 1. The molecule has 0 radical (unpaired) electrons. The topological polar surface area (TPSA) is 51.5 Å². The van der Waals surface area contributed by atoms with E-state index in [4.69, 9.17) is 4.74 Å². The molecule has 2 rings (SSSR count). The molecular formula is C14H16N2O2S2. The largest absolute Gasteiger partial charge is 0.461 e. The van der Waals surface area contributed by atoms with Crippen LogP contribution < -0.4 is 0 Å². The number of thiazole rings is 1. The second-order valence-electron chi connectivity index (χ2n) is 4.39. The fourth-order valence-corrected chi connectivity index (χ4v) is 3.39. The molecule has 0 amide bonds. The number of ether oxygens (including phenoxy) is 1. The smallest absolute Gasteiger partial charge is 0.353 e. The van der Waals surface area contributed by atoms with Crippen molar-refractivity contribution < 1.29 is 9.53 Å². The Balaban J connectivity index is 2.18. The molecule has 0 aliphatic rings. The summed E-state index contributed by atoms with van der Waals surface area (Å²) in [5.74, 6) is -0.327. The number of aromatic nitrogens is 1. The summed E-state index contributed by atoms with van der Waals surface area (Å²) in [6.45, 7) is 6.00. The van der Waals surface area contributed by atoms with E-state index in [0.29, 0.717) is 12.3 Å². The lowest BCUT2D eigenvalue weighted by Crippen LogP contribution is -2.22. The van der Waals surface area contributed by atoms with Crippen molar-refractivity contribution in [3.8, 4) is 0 Å². The van der Waals surface area contributed by atoms with Crippen molar-refractivity contribution in [3.63, 3.8) is 0 Å². The van der Waals surface area contributed by atoms with Gasteiger partial charge in [-0.05, 0) is 19.1 Å². The third-order valence-electron chi connectivity index (χ3n) is 2.53. The highest BCUT2D eigenvalue weighted by atomic mass is 32.2. The highest BCUT2D eigenvalue weighted by molar-refractivity contribution is 8.00. The third-order valence-corrected chi connectivity index (χ3v) is 4.37. The van der Waals surface area contributed by atoms with Gasteiger partial charge in [-0.15, -0.1) is 11.3 Å². The lowest BCUT2D eigenvalue weighted by molar-refractivity contribution is -0.135. The van der Waals surface area contributed by atoms with E-state index in [2.05, 4.69) is 9.38 Å². The maximum absolute atomic E-state index is 11.8. The van der Waals surface area contributed by atoms with Crippen LogP contribution in [0.4, 0.5) is 0 Å². The summed E-state index contributed by atoms with van der Waals surface area (Å²) in [6.07, 6.45) is 0. The summed E-state index contributed by atoms with van der Waals surface area (Å²) in [7, 11) is 0. The Morgan fingerprint density at radius 3 is 2.85 bits per heavy atom. The Hall–Kier alpha value is -1.40. The fraction of sp³-hybridized carbons (Fsp3) is 0.357. The first-order chi connectivity index (χ1) is 9.61. The van der Waals surface area contributed by atoms with E-state index in [-0.39, 0.29) is 11.9 Å². The van der Waals surface area contributed by atoms with Crippen LogP contribution in [-0.4, -0.2) is 23.3 Å². The van der Waals surface area contributed by atoms with Gasteiger partial charge in [0.15, 0.2) is 4.34 Å². The molecule has 0 bridgehead atoms. The maximum Gasteiger partial charge on any atom is 0.353 e. The summed E-state index contributed by atoms with van der Waals surface area (Å²) in [5.41, 5.74) is 1.40. The second-order valence-corrected chi connectivity index (χ2v) is 6.43. The van der Waals surface area contributed by atoms with Gasteiger partial charge >= 0.3 is 5.97 Å². The van der Waals surface area contributed by atoms with Gasteiger partial charge < -0.3 is 4.74 Å². The second kappa shape index (κ2) is 6.85. The molecule has 0 N–H and O–H groups in total. The standard InChI is InChI=1S/C14H16N2O2S2/c1-4-18-13(17)12(9(2)3)16-20-14-15-10-7-5-6-8-11(10)19-14/h5-9H,4H2,1-3H3/b16-12+. The maximum atomic E-state index is 11.8. The number of esters is 1. The van der Waals surface area contributed by atoms with Crippen LogP contribution in [0.1, 0.15) is 20.8 Å². The Labute approximate surface area is 126 Å². The summed E-state index contributed by atoms with van der Waals surface area (Å²) in [5, 5.41) is 0. The summed E-state index contributed by atoms with van der Waals surface area (Å²) < 4.78 is 11.3. The first-order valence-corrected chi connectivity index (χ1v) is 7.98. The average molecular weight is 308 g/mol. The first kappa shape index (κ1) is 15.0. The number of fused-ring (bicyclic) bond motifs is 1. The quantitative estimate of drug-likeness (QED) is 0.476. The molecule has 20 heavy (non-hydrogen) atoms. The molecule has 4 nitrogen and oxygen atoms in total. The van der Waals surface area contributed by atoms with Crippen LogP contribution in [0.25, 0.3) is 10.2 Å². The van der Waals surface area contributed by atoms with E-state index in [1.54, 1.807) is 18.3 Å². The van der Waals surface area contributed by atoms with Gasteiger partial charge in [0.2, 0.25) is 0 Å². The van der Waals surface area contributed by atoms with Crippen LogP contribution in [0.5, 0.6) is 0 Å². The summed E-state index contributed by atoms with van der Waals surface area (Å²) in [6, 6.07) is 7.93. The molecule has 0 spiro atoms. The molecular weight excluding hydrogens is 292 g/mol. The van der Waals surface area contributed by atoms with Gasteiger partial charge in [0.1, 0.15) is 5.71 Å². The van der Waals surface area contributed by atoms with Crippen molar-refractivity contribution in [2.75, 3.05) is 6.61 Å². The first-order valence-electron chi connectivity index (χ1n) is 6.39. The molecule has 1 aromatic heterocycles. The number of hydrogen-bond acceptors (Lipinski definition) is 6. The Bertz CT molecular complexity index is 602. The van der Waals surface area contributed by atoms with E-state index in [1.165, 1.54) is 11.9 Å². The molecule has 0 aliphatic carbocycles. The SMILES string of the molecule is CCOC(=O)/C(=N/Sc1nc2ccccc2s1)C(C)C. The number of benzene rings is 1. The Morgan fingerprint density at radius 2 is 2.20 bits per heavy atom. The minimum absolute atomic E-state index is 0.0240. The lowest BCUT2D eigenvalue weighted by atomic mass is 10.1. The van der Waals surface area contributed by atoms with Crippen LogP contribution in [0.15, 0.2) is 33.0 Å². The minimum atomic E-state index is -0.351. The fourth-order valence-electron chi connectivity index (χ4n) is 1.56. The molecule has 106 valence electrons. The minimum Gasteiger partial charge on any atom is -0.461 e. The van der Waals surface area contributed by atoms with E-state index >= 15 is 0 Å². The van der Waals surface area contributed by atoms with E-state index in [1.807, 2.05) is 38.1 Å². The highest BCUT2D eigenvalue weighted by Gasteiger charge is 2.17. The number of rotatable bonds is 5. The predicted octanol–water partition coefficient (Wildman–Crippen LogP) is 3.96. The summed E-state index contributed by atoms with van der Waals surface area (Å²) in [4.78, 5) is 16.3. The van der Waals surface area contributed by atoms with Gasteiger partial charge in [-0.25, -0.2) is 14.2 Å². The Morgan fingerprint density at radius 1 is 1.45 bits per heavy atom. The molecule has 0 saturated heterocycles. The van der Waals surface area contributed by atoms with Crippen LogP contribution in [0.2, 0.25) is 0 Å².